The standard InChI is InChI=1S/C21H21N3O3S2/c1-13(2)27-17-10-6-15(7-11-17)19(25)23-20(28)24-21-22-18(12-29-21)14-4-8-16(26-3)9-5-14/h4-13H,1-3H3,(H2,22,23,24,25,28). The number of nitrogens with zero attached hydrogens (tertiary/aromatic N) is 1. The van der Waals surface area contributed by atoms with Crippen LogP contribution in [0.15, 0.2) is 53.9 Å². The van der Waals surface area contributed by atoms with E-state index in [1.165, 1.54) is 11.3 Å². The summed E-state index contributed by atoms with van der Waals surface area (Å²) in [6, 6.07) is 14.5. The van der Waals surface area contributed by atoms with Crippen molar-refractivity contribution in [1.82, 2.24) is 10.3 Å². The molecule has 0 aliphatic heterocycles. The molecule has 2 N–H and O–H groups in total. The second-order valence-corrected chi connectivity index (χ2v) is 7.63. The summed E-state index contributed by atoms with van der Waals surface area (Å²) in [4.78, 5) is 16.9. The molecule has 0 radical (unpaired) electrons. The minimum atomic E-state index is -0.300. The van der Waals surface area contributed by atoms with Crippen molar-refractivity contribution in [3.8, 4) is 22.8 Å². The Morgan fingerprint density at radius 1 is 1.07 bits per heavy atom. The van der Waals surface area contributed by atoms with E-state index >= 15 is 0 Å². The zero-order valence-corrected chi connectivity index (χ0v) is 17.9. The van der Waals surface area contributed by atoms with Crippen LogP contribution in [0.3, 0.4) is 0 Å². The second-order valence-electron chi connectivity index (χ2n) is 6.37. The molecule has 0 bridgehead atoms. The maximum Gasteiger partial charge on any atom is 0.257 e. The molecule has 8 heteroatoms. The van der Waals surface area contributed by atoms with Gasteiger partial charge in [0.05, 0.1) is 18.9 Å². The lowest BCUT2D eigenvalue weighted by atomic mass is 10.2. The number of methoxy groups -OCH3 is 1. The van der Waals surface area contributed by atoms with Crippen LogP contribution in [0.25, 0.3) is 11.3 Å². The SMILES string of the molecule is COc1ccc(-c2csc(NC(=S)NC(=O)c3ccc(OC(C)C)cc3)n2)cc1. The van der Waals surface area contributed by atoms with Gasteiger partial charge in [-0.2, -0.15) is 0 Å². The van der Waals surface area contributed by atoms with Crippen LogP contribution in [-0.4, -0.2) is 29.2 Å². The number of aromatic nitrogens is 1. The van der Waals surface area contributed by atoms with Crippen molar-refractivity contribution in [2.75, 3.05) is 12.4 Å². The summed E-state index contributed by atoms with van der Waals surface area (Å²) in [5.74, 6) is 1.20. The second kappa shape index (κ2) is 9.49. The number of hydrogen-bond donors (Lipinski definition) is 2. The number of benzene rings is 2. The van der Waals surface area contributed by atoms with Crippen LogP contribution in [0.4, 0.5) is 5.13 Å². The van der Waals surface area contributed by atoms with Crippen molar-refractivity contribution in [2.24, 2.45) is 0 Å². The average Bonchev–Trinajstić information content (AvgIpc) is 3.16. The van der Waals surface area contributed by atoms with Crippen molar-refractivity contribution in [2.45, 2.75) is 20.0 Å². The number of thiocarbonyl (C=S) groups is 1. The first-order valence-corrected chi connectivity index (χ1v) is 10.2. The van der Waals surface area contributed by atoms with Gasteiger partial charge in [-0.25, -0.2) is 4.98 Å². The number of carbonyl (C=O) groups excluding carboxylic acids is 1. The third-order valence-corrected chi connectivity index (χ3v) is 4.79. The summed E-state index contributed by atoms with van der Waals surface area (Å²) in [5.41, 5.74) is 2.27. The first kappa shape index (κ1) is 20.8. The van der Waals surface area contributed by atoms with Gasteiger partial charge in [0.2, 0.25) is 0 Å². The average molecular weight is 428 g/mol. The molecule has 1 heterocycles. The van der Waals surface area contributed by atoms with Crippen LogP contribution < -0.4 is 20.1 Å². The van der Waals surface area contributed by atoms with Gasteiger partial charge in [0.1, 0.15) is 11.5 Å². The Balaban J connectivity index is 1.57. The van der Waals surface area contributed by atoms with E-state index in [1.807, 2.05) is 43.5 Å². The summed E-state index contributed by atoms with van der Waals surface area (Å²) in [6.45, 7) is 3.90. The Hall–Kier alpha value is -2.97. The summed E-state index contributed by atoms with van der Waals surface area (Å²) < 4.78 is 10.7. The smallest absolute Gasteiger partial charge is 0.257 e. The highest BCUT2D eigenvalue weighted by atomic mass is 32.1. The molecule has 0 atom stereocenters. The molecule has 0 saturated carbocycles. The van der Waals surface area contributed by atoms with Crippen LogP contribution in [-0.2, 0) is 0 Å². The number of carbonyl (C=O) groups is 1. The topological polar surface area (TPSA) is 72.5 Å². The summed E-state index contributed by atoms with van der Waals surface area (Å²) in [7, 11) is 1.63. The fourth-order valence-corrected chi connectivity index (χ4v) is 3.46. The number of rotatable bonds is 6. The largest absolute Gasteiger partial charge is 0.497 e. The number of amides is 1. The zero-order valence-electron chi connectivity index (χ0n) is 16.3. The summed E-state index contributed by atoms with van der Waals surface area (Å²) in [6.07, 6.45) is 0.0764. The zero-order chi connectivity index (χ0) is 20.8. The maximum absolute atomic E-state index is 12.4. The van der Waals surface area contributed by atoms with Crippen LogP contribution in [0, 0.1) is 0 Å². The first-order valence-electron chi connectivity index (χ1n) is 8.93. The predicted molar refractivity (Wildman–Crippen MR) is 120 cm³/mol. The van der Waals surface area contributed by atoms with Crippen LogP contribution in [0.1, 0.15) is 24.2 Å². The van der Waals surface area contributed by atoms with E-state index in [4.69, 9.17) is 21.7 Å². The minimum absolute atomic E-state index is 0.0764. The van der Waals surface area contributed by atoms with E-state index in [2.05, 4.69) is 15.6 Å². The number of nitrogens with one attached hydrogen (secondary N) is 2. The third kappa shape index (κ3) is 5.75. The number of thiazole rings is 1. The molecule has 0 aliphatic rings. The molecule has 150 valence electrons. The Labute approximate surface area is 178 Å². The molecule has 2 aromatic carbocycles. The van der Waals surface area contributed by atoms with Crippen molar-refractivity contribution >= 4 is 39.7 Å². The molecule has 1 amide bonds. The minimum Gasteiger partial charge on any atom is -0.497 e. The van der Waals surface area contributed by atoms with E-state index in [9.17, 15) is 4.79 Å². The molecule has 0 unspecified atom stereocenters. The van der Waals surface area contributed by atoms with Gasteiger partial charge in [-0.3, -0.25) is 10.1 Å². The normalized spacial score (nSPS) is 10.5. The molecule has 3 aromatic rings. The van der Waals surface area contributed by atoms with E-state index in [0.29, 0.717) is 16.4 Å². The van der Waals surface area contributed by atoms with E-state index in [-0.39, 0.29) is 17.1 Å². The fraction of sp³-hybridized carbons (Fsp3) is 0.190. The lowest BCUT2D eigenvalue weighted by Crippen LogP contribution is -2.34. The maximum atomic E-state index is 12.4. The quantitative estimate of drug-likeness (QED) is 0.554. The van der Waals surface area contributed by atoms with Gasteiger partial charge >= 0.3 is 0 Å². The van der Waals surface area contributed by atoms with Crippen molar-refractivity contribution in [1.29, 1.82) is 0 Å². The summed E-state index contributed by atoms with van der Waals surface area (Å²) in [5, 5.41) is 8.32. The Kier molecular flexibility index (Phi) is 6.79. The highest BCUT2D eigenvalue weighted by Crippen LogP contribution is 2.26. The molecule has 6 nitrogen and oxygen atoms in total. The van der Waals surface area contributed by atoms with Crippen molar-refractivity contribution in [3.05, 3.63) is 59.5 Å². The molecule has 0 saturated heterocycles. The van der Waals surface area contributed by atoms with E-state index < -0.39 is 0 Å². The highest BCUT2D eigenvalue weighted by molar-refractivity contribution is 7.80. The van der Waals surface area contributed by atoms with Gasteiger partial charge in [-0.05, 0) is 74.6 Å². The highest BCUT2D eigenvalue weighted by Gasteiger charge is 2.11. The van der Waals surface area contributed by atoms with Gasteiger partial charge in [0, 0.05) is 16.5 Å². The molecular formula is C21H21N3O3S2. The van der Waals surface area contributed by atoms with Crippen LogP contribution in [0.2, 0.25) is 0 Å². The van der Waals surface area contributed by atoms with Crippen molar-refractivity contribution < 1.29 is 14.3 Å². The monoisotopic (exact) mass is 427 g/mol. The molecule has 3 rings (SSSR count). The van der Waals surface area contributed by atoms with E-state index in [0.717, 1.165) is 17.0 Å². The molecule has 0 fully saturated rings. The fourth-order valence-electron chi connectivity index (χ4n) is 2.49. The number of hydrogen-bond acceptors (Lipinski definition) is 6. The van der Waals surface area contributed by atoms with Gasteiger partial charge < -0.3 is 14.8 Å². The molecule has 0 aliphatic carbocycles. The van der Waals surface area contributed by atoms with Crippen molar-refractivity contribution in [3.63, 3.8) is 0 Å². The number of anilines is 1. The summed E-state index contributed by atoms with van der Waals surface area (Å²) >= 11 is 6.64. The third-order valence-electron chi connectivity index (χ3n) is 3.83. The van der Waals surface area contributed by atoms with Gasteiger partial charge in [-0.15, -0.1) is 11.3 Å². The van der Waals surface area contributed by atoms with Gasteiger partial charge in [-0.1, -0.05) is 0 Å². The predicted octanol–water partition coefficient (Wildman–Crippen LogP) is 4.73. The Bertz CT molecular complexity index is 983. The Morgan fingerprint density at radius 3 is 2.34 bits per heavy atom. The lowest BCUT2D eigenvalue weighted by molar-refractivity contribution is 0.0977. The van der Waals surface area contributed by atoms with Crippen LogP contribution in [0.5, 0.6) is 11.5 Å². The van der Waals surface area contributed by atoms with Gasteiger partial charge in [0.25, 0.3) is 5.91 Å². The number of ether oxygens (including phenoxy) is 2. The first-order chi connectivity index (χ1) is 13.9. The molecule has 1 aromatic heterocycles. The Morgan fingerprint density at radius 2 is 1.72 bits per heavy atom. The van der Waals surface area contributed by atoms with Crippen LogP contribution >= 0.6 is 23.6 Å². The molecule has 0 spiro atoms. The van der Waals surface area contributed by atoms with E-state index in [1.54, 1.807) is 31.4 Å². The molecular weight excluding hydrogens is 406 g/mol. The lowest BCUT2D eigenvalue weighted by Gasteiger charge is -2.10. The van der Waals surface area contributed by atoms with Gasteiger partial charge in [0.15, 0.2) is 10.2 Å². The molecule has 29 heavy (non-hydrogen) atoms.